The fourth-order valence-electron chi connectivity index (χ4n) is 2.49. The zero-order chi connectivity index (χ0) is 15.4. The molecule has 1 aromatic carbocycles. The third-order valence-electron chi connectivity index (χ3n) is 3.59. The summed E-state index contributed by atoms with van der Waals surface area (Å²) in [5.41, 5.74) is 1.92. The Hall–Kier alpha value is -1.27. The molecule has 21 heavy (non-hydrogen) atoms. The second kappa shape index (κ2) is 7.13. The van der Waals surface area contributed by atoms with Gasteiger partial charge in [0.15, 0.2) is 0 Å². The molecule has 0 radical (unpaired) electrons. The molecule has 1 aromatic rings. The molecule has 2 rings (SSSR count). The van der Waals surface area contributed by atoms with E-state index in [2.05, 4.69) is 20.8 Å². The molecular weight excluding hydrogens is 336 g/mol. The van der Waals surface area contributed by atoms with Crippen LogP contribution in [0, 0.1) is 0 Å². The van der Waals surface area contributed by atoms with E-state index in [0.717, 1.165) is 28.8 Å². The molecule has 1 heterocycles. The Labute approximate surface area is 133 Å². The van der Waals surface area contributed by atoms with Crippen LogP contribution in [0.1, 0.15) is 25.5 Å². The highest BCUT2D eigenvalue weighted by atomic mass is 79.9. The molecule has 1 unspecified atom stereocenters. The molecule has 0 saturated carbocycles. The van der Waals surface area contributed by atoms with E-state index in [-0.39, 0.29) is 6.09 Å². The minimum absolute atomic E-state index is 0.247. The first kappa shape index (κ1) is 16.1. The zero-order valence-electron chi connectivity index (χ0n) is 12.4. The molecule has 0 aromatic heterocycles. The monoisotopic (exact) mass is 356 g/mol. The van der Waals surface area contributed by atoms with Crippen molar-refractivity contribution in [3.8, 4) is 0 Å². The molecule has 1 fully saturated rings. The molecule has 0 spiro atoms. The van der Waals surface area contributed by atoms with E-state index in [0.29, 0.717) is 19.7 Å². The van der Waals surface area contributed by atoms with Gasteiger partial charge in [-0.3, -0.25) is 0 Å². The topological polar surface area (TPSA) is 53.0 Å². The predicted octanol–water partition coefficient (Wildman–Crippen LogP) is 2.78. The van der Waals surface area contributed by atoms with Crippen LogP contribution in [0.3, 0.4) is 0 Å². The number of piperazine rings is 1. The van der Waals surface area contributed by atoms with Crippen LogP contribution >= 0.6 is 15.9 Å². The van der Waals surface area contributed by atoms with Crippen LogP contribution in [-0.4, -0.2) is 48.9 Å². The third-order valence-corrected chi connectivity index (χ3v) is 4.08. The quantitative estimate of drug-likeness (QED) is 0.904. The normalized spacial score (nSPS) is 16.8. The average Bonchev–Trinajstić information content (AvgIpc) is 2.47. The highest BCUT2D eigenvalue weighted by Crippen LogP contribution is 2.30. The van der Waals surface area contributed by atoms with Crippen LogP contribution in [0.25, 0.3) is 0 Å². The molecule has 5 nitrogen and oxygen atoms in total. The summed E-state index contributed by atoms with van der Waals surface area (Å²) in [5, 5.41) is 9.94. The summed E-state index contributed by atoms with van der Waals surface area (Å²) >= 11 is 3.44. The lowest BCUT2D eigenvalue weighted by molar-refractivity contribution is 0.105. The van der Waals surface area contributed by atoms with Crippen molar-refractivity contribution in [2.45, 2.75) is 20.0 Å². The largest absolute Gasteiger partial charge is 0.450 e. The van der Waals surface area contributed by atoms with E-state index in [4.69, 9.17) is 4.74 Å². The number of rotatable bonds is 3. The second-order valence-electron chi connectivity index (χ2n) is 5.05. The second-order valence-corrected chi connectivity index (χ2v) is 5.97. The Morgan fingerprint density at radius 2 is 2.05 bits per heavy atom. The average molecular weight is 357 g/mol. The number of hydrogen-bond donors (Lipinski definition) is 1. The van der Waals surface area contributed by atoms with E-state index in [1.807, 2.05) is 25.1 Å². The molecular formula is C15H21BrN2O3. The van der Waals surface area contributed by atoms with E-state index in [9.17, 15) is 9.90 Å². The van der Waals surface area contributed by atoms with Crippen molar-refractivity contribution in [2.24, 2.45) is 0 Å². The number of nitrogens with zero attached hydrogens (tertiary/aromatic N) is 2. The molecule has 6 heteroatoms. The standard InChI is InChI=1S/C15H21BrN2O3/c1-3-21-15(20)18-8-6-17(7-9-18)14-5-4-12(16)10-13(14)11(2)19/h4-5,10-11,19H,3,6-9H2,1-2H3. The van der Waals surface area contributed by atoms with Gasteiger partial charge in [0.1, 0.15) is 0 Å². The van der Waals surface area contributed by atoms with E-state index in [1.165, 1.54) is 0 Å². The summed E-state index contributed by atoms with van der Waals surface area (Å²) in [5.74, 6) is 0. The van der Waals surface area contributed by atoms with Crippen molar-refractivity contribution in [1.29, 1.82) is 0 Å². The van der Waals surface area contributed by atoms with Gasteiger partial charge in [-0.15, -0.1) is 0 Å². The molecule has 1 amide bonds. The SMILES string of the molecule is CCOC(=O)N1CCN(c2ccc(Br)cc2C(C)O)CC1. The van der Waals surface area contributed by atoms with E-state index >= 15 is 0 Å². The Bertz CT molecular complexity index is 500. The minimum atomic E-state index is -0.527. The van der Waals surface area contributed by atoms with Crippen LogP contribution in [0.5, 0.6) is 0 Å². The molecule has 0 aliphatic carbocycles. The van der Waals surface area contributed by atoms with Crippen LogP contribution < -0.4 is 4.90 Å². The molecule has 1 saturated heterocycles. The number of anilines is 1. The maximum absolute atomic E-state index is 11.7. The number of aliphatic hydroxyl groups is 1. The van der Waals surface area contributed by atoms with Gasteiger partial charge >= 0.3 is 6.09 Å². The zero-order valence-corrected chi connectivity index (χ0v) is 14.0. The Balaban J connectivity index is 2.07. The predicted molar refractivity (Wildman–Crippen MR) is 85.6 cm³/mol. The van der Waals surface area contributed by atoms with E-state index < -0.39 is 6.10 Å². The first-order valence-corrected chi connectivity index (χ1v) is 7.96. The highest BCUT2D eigenvalue weighted by molar-refractivity contribution is 9.10. The molecule has 116 valence electrons. The van der Waals surface area contributed by atoms with Gasteiger partial charge in [-0.2, -0.15) is 0 Å². The van der Waals surface area contributed by atoms with Crippen molar-refractivity contribution in [1.82, 2.24) is 4.90 Å². The summed E-state index contributed by atoms with van der Waals surface area (Å²) in [6.45, 7) is 6.71. The Morgan fingerprint density at radius 1 is 1.38 bits per heavy atom. The molecule has 0 bridgehead atoms. The molecule has 1 atom stereocenters. The first-order valence-electron chi connectivity index (χ1n) is 7.17. The number of amides is 1. The fourth-order valence-corrected chi connectivity index (χ4v) is 2.87. The number of carbonyl (C=O) groups excluding carboxylic acids is 1. The third kappa shape index (κ3) is 3.89. The van der Waals surface area contributed by atoms with Crippen molar-refractivity contribution >= 4 is 27.7 Å². The summed E-state index contributed by atoms with van der Waals surface area (Å²) in [4.78, 5) is 15.6. The molecule has 1 N–H and O–H groups in total. The van der Waals surface area contributed by atoms with E-state index in [1.54, 1.807) is 11.8 Å². The maximum Gasteiger partial charge on any atom is 0.409 e. The van der Waals surface area contributed by atoms with Gasteiger partial charge in [-0.25, -0.2) is 4.79 Å². The first-order chi connectivity index (χ1) is 10.0. The number of halogens is 1. The number of aliphatic hydroxyl groups excluding tert-OH is 1. The van der Waals surface area contributed by atoms with Crippen LogP contribution in [0.15, 0.2) is 22.7 Å². The minimum Gasteiger partial charge on any atom is -0.450 e. The lowest BCUT2D eigenvalue weighted by Gasteiger charge is -2.36. The Morgan fingerprint density at radius 3 is 2.62 bits per heavy atom. The fraction of sp³-hybridized carbons (Fsp3) is 0.533. The lowest BCUT2D eigenvalue weighted by Crippen LogP contribution is -2.49. The van der Waals surface area contributed by atoms with Crippen molar-refractivity contribution < 1.29 is 14.6 Å². The van der Waals surface area contributed by atoms with Gasteiger partial charge in [-0.1, -0.05) is 15.9 Å². The summed E-state index contributed by atoms with van der Waals surface area (Å²) in [6.07, 6.45) is -0.774. The lowest BCUT2D eigenvalue weighted by atomic mass is 10.1. The number of ether oxygens (including phenoxy) is 1. The molecule has 1 aliphatic rings. The van der Waals surface area contributed by atoms with Gasteiger partial charge in [0.25, 0.3) is 0 Å². The number of carbonyl (C=O) groups is 1. The van der Waals surface area contributed by atoms with Crippen LogP contribution in [0.4, 0.5) is 10.5 Å². The smallest absolute Gasteiger partial charge is 0.409 e. The number of benzene rings is 1. The van der Waals surface area contributed by atoms with Gasteiger partial charge in [0, 0.05) is 41.9 Å². The summed E-state index contributed by atoms with van der Waals surface area (Å²) in [6, 6.07) is 5.92. The van der Waals surface area contributed by atoms with Crippen molar-refractivity contribution in [3.63, 3.8) is 0 Å². The van der Waals surface area contributed by atoms with Crippen molar-refractivity contribution in [3.05, 3.63) is 28.2 Å². The summed E-state index contributed by atoms with van der Waals surface area (Å²) < 4.78 is 5.97. The van der Waals surface area contributed by atoms with Gasteiger partial charge < -0.3 is 19.6 Å². The van der Waals surface area contributed by atoms with Crippen molar-refractivity contribution in [2.75, 3.05) is 37.7 Å². The maximum atomic E-state index is 11.7. The Kier molecular flexibility index (Phi) is 5.47. The highest BCUT2D eigenvalue weighted by Gasteiger charge is 2.24. The van der Waals surface area contributed by atoms with Gasteiger partial charge in [0.2, 0.25) is 0 Å². The molecule has 1 aliphatic heterocycles. The van der Waals surface area contributed by atoms with Crippen LogP contribution in [0.2, 0.25) is 0 Å². The van der Waals surface area contributed by atoms with Crippen LogP contribution in [-0.2, 0) is 4.74 Å². The van der Waals surface area contributed by atoms with Gasteiger partial charge in [0.05, 0.1) is 12.7 Å². The number of hydrogen-bond acceptors (Lipinski definition) is 4. The van der Waals surface area contributed by atoms with Gasteiger partial charge in [-0.05, 0) is 32.0 Å². The summed E-state index contributed by atoms with van der Waals surface area (Å²) in [7, 11) is 0.